The molecule has 0 radical (unpaired) electrons. The van der Waals surface area contributed by atoms with Crippen LogP contribution in [0.5, 0.6) is 0 Å². The van der Waals surface area contributed by atoms with Crippen molar-refractivity contribution in [2.45, 2.75) is 6.18 Å². The second-order valence-corrected chi connectivity index (χ2v) is 6.55. The minimum atomic E-state index is -4.46. The van der Waals surface area contributed by atoms with Gasteiger partial charge < -0.3 is 9.32 Å². The molecular weight excluding hydrogens is 367 g/mol. The first-order valence-electron chi connectivity index (χ1n) is 7.63. The molecule has 1 amide bonds. The average Bonchev–Trinajstić information content (AvgIpc) is 3.23. The Labute approximate surface area is 150 Å². The lowest BCUT2D eigenvalue weighted by atomic mass is 10.1. The molecule has 3 heterocycles. The fourth-order valence-electron chi connectivity index (χ4n) is 2.76. The molecule has 134 valence electrons. The quantitative estimate of drug-likeness (QED) is 0.740. The number of halogens is 3. The molecule has 0 unspecified atom stereocenters. The summed E-state index contributed by atoms with van der Waals surface area (Å²) < 4.78 is 45.0. The summed E-state index contributed by atoms with van der Waals surface area (Å²) in [6, 6.07) is 8.73. The van der Waals surface area contributed by atoms with Crippen LogP contribution >= 0.6 is 11.8 Å². The Morgan fingerprint density at radius 2 is 2.00 bits per heavy atom. The number of aliphatic imine (C=N–C) groups is 1. The molecule has 1 aromatic heterocycles. The van der Waals surface area contributed by atoms with E-state index in [2.05, 4.69) is 4.99 Å². The molecular formula is C17H12F3N3O2S. The molecule has 0 spiro atoms. The van der Waals surface area contributed by atoms with Gasteiger partial charge in [-0.3, -0.25) is 9.69 Å². The third kappa shape index (κ3) is 2.98. The Morgan fingerprint density at radius 3 is 2.73 bits per heavy atom. The fraction of sp³-hybridized carbons (Fsp3) is 0.176. The minimum Gasteiger partial charge on any atom is -0.465 e. The topological polar surface area (TPSA) is 49.1 Å². The molecule has 0 atom stereocenters. The van der Waals surface area contributed by atoms with Gasteiger partial charge >= 0.3 is 6.18 Å². The number of hydrogen-bond acceptors (Lipinski definition) is 5. The van der Waals surface area contributed by atoms with E-state index in [-0.39, 0.29) is 29.8 Å². The van der Waals surface area contributed by atoms with E-state index < -0.39 is 11.7 Å². The monoisotopic (exact) mass is 379 g/mol. The second kappa shape index (κ2) is 6.24. The predicted molar refractivity (Wildman–Crippen MR) is 92.2 cm³/mol. The molecule has 5 nitrogen and oxygen atoms in total. The lowest BCUT2D eigenvalue weighted by molar-refractivity contribution is -0.137. The Kier molecular flexibility index (Phi) is 4.03. The van der Waals surface area contributed by atoms with E-state index in [0.29, 0.717) is 10.9 Å². The highest BCUT2D eigenvalue weighted by atomic mass is 32.2. The van der Waals surface area contributed by atoms with Crippen LogP contribution in [-0.2, 0) is 11.0 Å². The van der Waals surface area contributed by atoms with E-state index >= 15 is 0 Å². The van der Waals surface area contributed by atoms with Crippen LogP contribution in [0.15, 0.2) is 57.8 Å². The number of nitrogens with zero attached hydrogens (tertiary/aromatic N) is 3. The van der Waals surface area contributed by atoms with Crippen molar-refractivity contribution < 1.29 is 22.4 Å². The Balaban J connectivity index is 1.60. The third-order valence-corrected chi connectivity index (χ3v) is 4.96. The van der Waals surface area contributed by atoms with Crippen LogP contribution < -0.4 is 4.90 Å². The lowest BCUT2D eigenvalue weighted by Crippen LogP contribution is -2.46. The first-order valence-corrected chi connectivity index (χ1v) is 8.62. The zero-order chi connectivity index (χ0) is 18.3. The summed E-state index contributed by atoms with van der Waals surface area (Å²) in [5.74, 6) is 0.393. The van der Waals surface area contributed by atoms with E-state index in [0.717, 1.165) is 6.07 Å². The van der Waals surface area contributed by atoms with E-state index in [1.807, 2.05) is 0 Å². The molecule has 0 aliphatic carbocycles. The molecule has 2 aromatic rings. The molecule has 26 heavy (non-hydrogen) atoms. The fourth-order valence-corrected chi connectivity index (χ4v) is 3.71. The van der Waals surface area contributed by atoms with Gasteiger partial charge in [-0.15, -0.1) is 0 Å². The highest BCUT2D eigenvalue weighted by Crippen LogP contribution is 2.39. The number of furan rings is 1. The van der Waals surface area contributed by atoms with Gasteiger partial charge in [0.25, 0.3) is 5.91 Å². The summed E-state index contributed by atoms with van der Waals surface area (Å²) in [4.78, 5) is 19.7. The number of amidine groups is 1. The number of anilines is 1. The van der Waals surface area contributed by atoms with Crippen molar-refractivity contribution in [3.05, 3.63) is 59.7 Å². The SMILES string of the molecule is O=C1C(=Cc2ccco2)N=C2SCN(c3ccccc3C(F)(F)F)CN12. The van der Waals surface area contributed by atoms with Crippen molar-refractivity contribution >= 4 is 34.6 Å². The zero-order valence-corrected chi connectivity index (χ0v) is 14.0. The zero-order valence-electron chi connectivity index (χ0n) is 13.2. The molecule has 1 fully saturated rings. The number of carbonyl (C=O) groups is 1. The number of rotatable bonds is 2. The third-order valence-electron chi connectivity index (χ3n) is 3.95. The van der Waals surface area contributed by atoms with Crippen LogP contribution in [0.4, 0.5) is 18.9 Å². The summed E-state index contributed by atoms with van der Waals surface area (Å²) in [6.07, 6.45) is -1.46. The number of fused-ring (bicyclic) bond motifs is 1. The van der Waals surface area contributed by atoms with Crippen molar-refractivity contribution in [2.24, 2.45) is 4.99 Å². The Hall–Kier alpha value is -2.68. The number of thioether (sulfide) groups is 1. The van der Waals surface area contributed by atoms with Crippen LogP contribution in [0.2, 0.25) is 0 Å². The van der Waals surface area contributed by atoms with Crippen molar-refractivity contribution in [1.82, 2.24) is 4.90 Å². The summed E-state index contributed by atoms with van der Waals surface area (Å²) >= 11 is 1.22. The van der Waals surface area contributed by atoms with Crippen LogP contribution in [0, 0.1) is 0 Å². The van der Waals surface area contributed by atoms with E-state index in [4.69, 9.17) is 4.42 Å². The van der Waals surface area contributed by atoms with Crippen molar-refractivity contribution in [2.75, 3.05) is 17.4 Å². The van der Waals surface area contributed by atoms with Gasteiger partial charge in [0, 0.05) is 6.08 Å². The van der Waals surface area contributed by atoms with E-state index in [1.165, 1.54) is 46.0 Å². The van der Waals surface area contributed by atoms with Gasteiger partial charge in [0.2, 0.25) is 0 Å². The number of benzene rings is 1. The average molecular weight is 379 g/mol. The largest absolute Gasteiger partial charge is 0.465 e. The number of alkyl halides is 3. The van der Waals surface area contributed by atoms with E-state index in [9.17, 15) is 18.0 Å². The molecule has 9 heteroatoms. The number of amides is 1. The Bertz CT molecular complexity index is 906. The number of hydrogen-bond donors (Lipinski definition) is 0. The second-order valence-electron chi connectivity index (χ2n) is 5.64. The van der Waals surface area contributed by atoms with Gasteiger partial charge in [0.15, 0.2) is 5.17 Å². The molecule has 0 saturated carbocycles. The van der Waals surface area contributed by atoms with Crippen molar-refractivity contribution in [3.63, 3.8) is 0 Å². The number of carbonyl (C=O) groups excluding carboxylic acids is 1. The highest BCUT2D eigenvalue weighted by Gasteiger charge is 2.39. The smallest absolute Gasteiger partial charge is 0.418 e. The molecule has 0 N–H and O–H groups in total. The van der Waals surface area contributed by atoms with Crippen LogP contribution in [-0.4, -0.2) is 28.5 Å². The molecule has 1 aromatic carbocycles. The number of para-hydroxylation sites is 1. The first-order chi connectivity index (χ1) is 12.4. The maximum Gasteiger partial charge on any atom is 0.418 e. The summed E-state index contributed by atoms with van der Waals surface area (Å²) in [5.41, 5.74) is -0.477. The molecule has 4 rings (SSSR count). The predicted octanol–water partition coefficient (Wildman–Crippen LogP) is 4.01. The lowest BCUT2D eigenvalue weighted by Gasteiger charge is -2.35. The van der Waals surface area contributed by atoms with Crippen molar-refractivity contribution in [3.8, 4) is 0 Å². The molecule has 2 aliphatic heterocycles. The van der Waals surface area contributed by atoms with Crippen LogP contribution in [0.3, 0.4) is 0 Å². The van der Waals surface area contributed by atoms with E-state index in [1.54, 1.807) is 18.2 Å². The standard InChI is InChI=1S/C17H12F3N3O2S/c18-17(19,20)12-5-1-2-6-14(12)22-9-23-15(24)13(21-16(23)26-10-22)8-11-4-3-7-25-11/h1-8H,9-10H2. The van der Waals surface area contributed by atoms with Crippen LogP contribution in [0.25, 0.3) is 6.08 Å². The molecule has 2 aliphatic rings. The van der Waals surface area contributed by atoms with Gasteiger partial charge in [-0.25, -0.2) is 4.99 Å². The summed E-state index contributed by atoms with van der Waals surface area (Å²) in [6.45, 7) is 0.00720. The maximum atomic E-state index is 13.3. The Morgan fingerprint density at radius 1 is 1.19 bits per heavy atom. The minimum absolute atomic E-state index is 0.00720. The molecule has 0 bridgehead atoms. The van der Waals surface area contributed by atoms with Crippen LogP contribution in [0.1, 0.15) is 11.3 Å². The highest BCUT2D eigenvalue weighted by molar-refractivity contribution is 8.14. The van der Waals surface area contributed by atoms with Gasteiger partial charge in [-0.2, -0.15) is 13.2 Å². The van der Waals surface area contributed by atoms with Gasteiger partial charge in [0.1, 0.15) is 18.1 Å². The maximum absolute atomic E-state index is 13.3. The summed E-state index contributed by atoms with van der Waals surface area (Å²) in [7, 11) is 0. The van der Waals surface area contributed by atoms with Gasteiger partial charge in [-0.05, 0) is 24.3 Å². The summed E-state index contributed by atoms with van der Waals surface area (Å²) in [5, 5.41) is 0.480. The van der Waals surface area contributed by atoms with Crippen molar-refractivity contribution in [1.29, 1.82) is 0 Å². The van der Waals surface area contributed by atoms with Gasteiger partial charge in [0.05, 0.1) is 23.4 Å². The van der Waals surface area contributed by atoms with Gasteiger partial charge in [-0.1, -0.05) is 23.9 Å². The molecule has 1 saturated heterocycles. The normalized spacial score (nSPS) is 19.1. The first kappa shape index (κ1) is 16.8.